The second kappa shape index (κ2) is 11.0. The standard InChI is InChI=1S/C25H41N3O5/c1-15(2)28(22(31)18(14-29)26-23(32)33-25(8,9)10)20(21(30)27-24(5,6)7)19-16(3)12-11-13-17(19)4/h11-13,15,18,20,29H,14H2,1-10H3,(H,26,32)(H,27,30). The van der Waals surface area contributed by atoms with Gasteiger partial charge in [0.05, 0.1) is 6.61 Å². The van der Waals surface area contributed by atoms with Gasteiger partial charge in [0, 0.05) is 11.6 Å². The molecule has 1 rings (SSSR count). The largest absolute Gasteiger partial charge is 0.444 e. The minimum Gasteiger partial charge on any atom is -0.444 e. The molecule has 1 aromatic carbocycles. The van der Waals surface area contributed by atoms with Gasteiger partial charge in [0.25, 0.3) is 0 Å². The molecule has 0 aliphatic carbocycles. The Balaban J connectivity index is 3.51. The Kier molecular flexibility index (Phi) is 9.48. The number of rotatable bonds is 7. The average Bonchev–Trinajstić information content (AvgIpc) is 2.61. The molecule has 33 heavy (non-hydrogen) atoms. The maximum atomic E-state index is 13.6. The first-order valence-corrected chi connectivity index (χ1v) is 11.3. The SMILES string of the molecule is Cc1cccc(C)c1C(C(=O)NC(C)(C)C)N(C(=O)C(CO)NC(=O)OC(C)(C)C)C(C)C. The second-order valence-electron chi connectivity index (χ2n) is 10.7. The maximum Gasteiger partial charge on any atom is 0.408 e. The third kappa shape index (κ3) is 8.35. The monoisotopic (exact) mass is 463 g/mol. The van der Waals surface area contributed by atoms with Crippen molar-refractivity contribution >= 4 is 17.9 Å². The van der Waals surface area contributed by atoms with Crippen molar-refractivity contribution in [1.82, 2.24) is 15.5 Å². The van der Waals surface area contributed by atoms with Gasteiger partial charge in [0.2, 0.25) is 11.8 Å². The fraction of sp³-hybridized carbons (Fsp3) is 0.640. The van der Waals surface area contributed by atoms with Gasteiger partial charge in [-0.3, -0.25) is 9.59 Å². The van der Waals surface area contributed by atoms with E-state index in [-0.39, 0.29) is 5.91 Å². The van der Waals surface area contributed by atoms with Crippen molar-refractivity contribution in [3.05, 3.63) is 34.9 Å². The zero-order chi connectivity index (χ0) is 25.7. The Morgan fingerprint density at radius 3 is 1.94 bits per heavy atom. The number of aliphatic hydroxyl groups excluding tert-OH is 1. The lowest BCUT2D eigenvalue weighted by Crippen LogP contribution is -2.57. The molecule has 0 bridgehead atoms. The molecule has 8 nitrogen and oxygen atoms in total. The summed E-state index contributed by atoms with van der Waals surface area (Å²) in [6.45, 7) is 17.5. The third-order valence-corrected chi connectivity index (χ3v) is 4.82. The van der Waals surface area contributed by atoms with Gasteiger partial charge in [0.15, 0.2) is 0 Å². The summed E-state index contributed by atoms with van der Waals surface area (Å²) in [5.41, 5.74) is 1.16. The van der Waals surface area contributed by atoms with Crippen molar-refractivity contribution in [1.29, 1.82) is 0 Å². The Morgan fingerprint density at radius 1 is 1.03 bits per heavy atom. The number of nitrogens with one attached hydrogen (secondary N) is 2. The van der Waals surface area contributed by atoms with E-state index in [1.54, 1.807) is 34.6 Å². The summed E-state index contributed by atoms with van der Waals surface area (Å²) >= 11 is 0. The van der Waals surface area contributed by atoms with Gasteiger partial charge >= 0.3 is 6.09 Å². The molecular weight excluding hydrogens is 422 g/mol. The van der Waals surface area contributed by atoms with Gasteiger partial charge < -0.3 is 25.4 Å². The maximum absolute atomic E-state index is 13.6. The van der Waals surface area contributed by atoms with Crippen LogP contribution in [0.2, 0.25) is 0 Å². The first-order valence-electron chi connectivity index (χ1n) is 11.3. The molecule has 1 aromatic rings. The number of aliphatic hydroxyl groups is 1. The number of nitrogens with zero attached hydrogens (tertiary/aromatic N) is 1. The molecule has 0 radical (unpaired) electrons. The van der Waals surface area contributed by atoms with Crippen molar-refractivity contribution in [2.75, 3.05) is 6.61 Å². The fourth-order valence-corrected chi connectivity index (χ4v) is 3.59. The van der Waals surface area contributed by atoms with Gasteiger partial charge in [-0.1, -0.05) is 18.2 Å². The molecule has 186 valence electrons. The first kappa shape index (κ1) is 28.4. The predicted octanol–water partition coefficient (Wildman–Crippen LogP) is 3.38. The van der Waals surface area contributed by atoms with Crippen LogP contribution in [0.1, 0.15) is 78.1 Å². The lowest BCUT2D eigenvalue weighted by molar-refractivity contribution is -0.146. The number of ether oxygens (including phenoxy) is 1. The van der Waals surface area contributed by atoms with Crippen LogP contribution in [-0.4, -0.2) is 57.7 Å². The number of amides is 3. The number of aryl methyl sites for hydroxylation is 2. The molecule has 8 heteroatoms. The van der Waals surface area contributed by atoms with Crippen LogP contribution < -0.4 is 10.6 Å². The van der Waals surface area contributed by atoms with E-state index >= 15 is 0 Å². The fourth-order valence-electron chi connectivity index (χ4n) is 3.59. The van der Waals surface area contributed by atoms with Crippen LogP contribution in [0.4, 0.5) is 4.79 Å². The van der Waals surface area contributed by atoms with Crippen LogP contribution in [-0.2, 0) is 14.3 Å². The molecule has 0 heterocycles. The van der Waals surface area contributed by atoms with Crippen LogP contribution in [0.5, 0.6) is 0 Å². The van der Waals surface area contributed by atoms with Crippen LogP contribution in [0.3, 0.4) is 0 Å². The minimum absolute atomic E-state index is 0.337. The summed E-state index contributed by atoms with van der Waals surface area (Å²) in [6.07, 6.45) is -0.818. The van der Waals surface area contributed by atoms with E-state index in [9.17, 15) is 19.5 Å². The van der Waals surface area contributed by atoms with Gasteiger partial charge in [-0.25, -0.2) is 4.79 Å². The predicted molar refractivity (Wildman–Crippen MR) is 129 cm³/mol. The minimum atomic E-state index is -1.27. The van der Waals surface area contributed by atoms with Crippen LogP contribution in [0, 0.1) is 13.8 Å². The van der Waals surface area contributed by atoms with E-state index in [1.165, 1.54) is 4.90 Å². The zero-order valence-corrected chi connectivity index (χ0v) is 21.7. The molecule has 0 aromatic heterocycles. The normalized spacial score (nSPS) is 13.8. The molecule has 0 aliphatic heterocycles. The molecule has 2 unspecified atom stereocenters. The molecule has 3 N–H and O–H groups in total. The second-order valence-corrected chi connectivity index (χ2v) is 10.7. The molecule has 0 spiro atoms. The van der Waals surface area contributed by atoms with Gasteiger partial charge in [-0.15, -0.1) is 0 Å². The highest BCUT2D eigenvalue weighted by Gasteiger charge is 2.39. The van der Waals surface area contributed by atoms with Crippen molar-refractivity contribution in [2.45, 2.75) is 98.5 Å². The Hall–Kier alpha value is -2.61. The number of hydrogen-bond donors (Lipinski definition) is 3. The van der Waals surface area contributed by atoms with Crippen molar-refractivity contribution in [3.8, 4) is 0 Å². The van der Waals surface area contributed by atoms with Crippen LogP contribution >= 0.6 is 0 Å². The molecule has 0 fully saturated rings. The molecule has 3 amide bonds. The number of carbonyl (C=O) groups is 3. The lowest BCUT2D eigenvalue weighted by atomic mass is 9.92. The first-order chi connectivity index (χ1) is 15.0. The molecule has 0 saturated carbocycles. The van der Waals surface area contributed by atoms with Crippen molar-refractivity contribution < 1.29 is 24.2 Å². The number of alkyl carbamates (subject to hydrolysis) is 1. The number of carbonyl (C=O) groups excluding carboxylic acids is 3. The summed E-state index contributed by atoms with van der Waals surface area (Å²) in [5.74, 6) is -0.911. The Labute approximate surface area is 198 Å². The van der Waals surface area contributed by atoms with Crippen LogP contribution in [0.25, 0.3) is 0 Å². The van der Waals surface area contributed by atoms with Gasteiger partial charge in [0.1, 0.15) is 17.7 Å². The molecular formula is C25H41N3O5. The zero-order valence-electron chi connectivity index (χ0n) is 21.7. The van der Waals surface area contributed by atoms with E-state index in [0.717, 1.165) is 16.7 Å². The van der Waals surface area contributed by atoms with Crippen molar-refractivity contribution in [2.24, 2.45) is 0 Å². The highest BCUT2D eigenvalue weighted by Crippen LogP contribution is 2.30. The Bertz CT molecular complexity index is 832. The molecule has 2 atom stereocenters. The van der Waals surface area contributed by atoms with E-state index in [2.05, 4.69) is 10.6 Å². The lowest BCUT2D eigenvalue weighted by Gasteiger charge is -2.39. The smallest absolute Gasteiger partial charge is 0.408 e. The molecule has 0 aliphatic rings. The summed E-state index contributed by atoms with van der Waals surface area (Å²) in [7, 11) is 0. The molecule has 0 saturated heterocycles. The summed E-state index contributed by atoms with van der Waals surface area (Å²) in [6, 6.07) is 3.07. The van der Waals surface area contributed by atoms with E-state index in [1.807, 2.05) is 52.8 Å². The topological polar surface area (TPSA) is 108 Å². The van der Waals surface area contributed by atoms with E-state index in [4.69, 9.17) is 4.74 Å². The highest BCUT2D eigenvalue weighted by molar-refractivity contribution is 5.93. The number of benzene rings is 1. The van der Waals surface area contributed by atoms with Crippen LogP contribution in [0.15, 0.2) is 18.2 Å². The third-order valence-electron chi connectivity index (χ3n) is 4.82. The van der Waals surface area contributed by atoms with Gasteiger partial charge in [-0.05, 0) is 85.9 Å². The summed E-state index contributed by atoms with van der Waals surface area (Å²) < 4.78 is 5.25. The van der Waals surface area contributed by atoms with E-state index in [0.29, 0.717) is 0 Å². The number of hydrogen-bond acceptors (Lipinski definition) is 5. The summed E-state index contributed by atoms with van der Waals surface area (Å²) in [4.78, 5) is 40.9. The van der Waals surface area contributed by atoms with Gasteiger partial charge in [-0.2, -0.15) is 0 Å². The Morgan fingerprint density at radius 2 is 1.55 bits per heavy atom. The average molecular weight is 464 g/mol. The summed E-state index contributed by atoms with van der Waals surface area (Å²) in [5, 5.41) is 15.4. The highest BCUT2D eigenvalue weighted by atomic mass is 16.6. The van der Waals surface area contributed by atoms with E-state index < -0.39 is 47.9 Å². The van der Waals surface area contributed by atoms with Crippen molar-refractivity contribution in [3.63, 3.8) is 0 Å². The quantitative estimate of drug-likeness (QED) is 0.575.